The second-order valence-electron chi connectivity index (χ2n) is 10.9. The van der Waals surface area contributed by atoms with E-state index in [9.17, 15) is 0 Å². The minimum Gasteiger partial charge on any atom is -0.0654 e. The Hall–Kier alpha value is 0. The van der Waals surface area contributed by atoms with Gasteiger partial charge in [0, 0.05) is 0 Å². The van der Waals surface area contributed by atoms with Crippen LogP contribution in [0.5, 0.6) is 0 Å². The Kier molecular flexibility index (Phi) is 15.8. The van der Waals surface area contributed by atoms with Crippen LogP contribution in [0.25, 0.3) is 0 Å². The molecule has 0 aliphatic carbocycles. The Balaban J connectivity index is 5.05. The van der Waals surface area contributed by atoms with Crippen molar-refractivity contribution < 1.29 is 0 Å². The molecule has 0 aromatic heterocycles. The van der Waals surface area contributed by atoms with Crippen LogP contribution in [0.15, 0.2) is 0 Å². The maximum absolute atomic E-state index is 2.62. The van der Waals surface area contributed by atoms with Gasteiger partial charge in [-0.3, -0.25) is 0 Å². The summed E-state index contributed by atoms with van der Waals surface area (Å²) >= 11 is 0. The van der Waals surface area contributed by atoms with Crippen molar-refractivity contribution in [3.8, 4) is 0 Å². The second-order valence-corrected chi connectivity index (χ2v) is 10.9. The summed E-state index contributed by atoms with van der Waals surface area (Å²) in [5.74, 6) is 4.41. The lowest BCUT2D eigenvalue weighted by molar-refractivity contribution is 0.0607. The van der Waals surface area contributed by atoms with Crippen LogP contribution >= 0.6 is 0 Å². The van der Waals surface area contributed by atoms with E-state index >= 15 is 0 Å². The number of hydrogen-bond acceptors (Lipinski definition) is 0. The summed E-state index contributed by atoms with van der Waals surface area (Å²) in [4.78, 5) is 0. The first-order chi connectivity index (χ1) is 13.2. The second kappa shape index (κ2) is 15.8. The zero-order chi connectivity index (χ0) is 21.6. The Morgan fingerprint density at radius 1 is 0.643 bits per heavy atom. The molecular weight excluding hydrogens is 336 g/mol. The van der Waals surface area contributed by atoms with Crippen molar-refractivity contribution in [2.45, 2.75) is 146 Å². The van der Waals surface area contributed by atoms with Crippen LogP contribution in [0.3, 0.4) is 0 Å². The van der Waals surface area contributed by atoms with Gasteiger partial charge in [-0.15, -0.1) is 0 Å². The Morgan fingerprint density at radius 3 is 1.79 bits per heavy atom. The van der Waals surface area contributed by atoms with Crippen LogP contribution in [0, 0.1) is 35.0 Å². The predicted molar refractivity (Wildman–Crippen MR) is 131 cm³/mol. The van der Waals surface area contributed by atoms with E-state index in [-0.39, 0.29) is 0 Å². The van der Waals surface area contributed by atoms with Crippen molar-refractivity contribution in [2.24, 2.45) is 35.0 Å². The summed E-state index contributed by atoms with van der Waals surface area (Å²) in [5.41, 5.74) is 0.475. The molecule has 0 radical (unpaired) electrons. The van der Waals surface area contributed by atoms with Gasteiger partial charge in [0.15, 0.2) is 0 Å². The molecule has 0 spiro atoms. The van der Waals surface area contributed by atoms with E-state index in [1.807, 2.05) is 0 Å². The highest BCUT2D eigenvalue weighted by Gasteiger charge is 2.37. The van der Waals surface area contributed by atoms with Gasteiger partial charge in [-0.05, 0) is 47.8 Å². The molecule has 170 valence electrons. The van der Waals surface area contributed by atoms with E-state index in [1.54, 1.807) is 0 Å². The number of hydrogen-bond donors (Lipinski definition) is 0. The molecule has 0 nitrogen and oxygen atoms in total. The zero-order valence-electron chi connectivity index (χ0n) is 21.6. The largest absolute Gasteiger partial charge is 0.0654 e. The predicted octanol–water partition coefficient (Wildman–Crippen LogP) is 10.3. The molecule has 0 bridgehead atoms. The van der Waals surface area contributed by atoms with Crippen LogP contribution in [-0.2, 0) is 0 Å². The molecule has 0 saturated carbocycles. The van der Waals surface area contributed by atoms with Gasteiger partial charge in [-0.25, -0.2) is 0 Å². The van der Waals surface area contributed by atoms with Gasteiger partial charge in [0.25, 0.3) is 0 Å². The van der Waals surface area contributed by atoms with E-state index < -0.39 is 0 Å². The maximum Gasteiger partial charge on any atom is -0.0323 e. The van der Waals surface area contributed by atoms with Crippen LogP contribution in [-0.4, -0.2) is 0 Å². The Bertz CT molecular complexity index is 342. The summed E-state index contributed by atoms with van der Waals surface area (Å²) in [6, 6.07) is 0. The first-order valence-electron chi connectivity index (χ1n) is 13.2. The average molecular weight is 395 g/mol. The van der Waals surface area contributed by atoms with E-state index in [2.05, 4.69) is 62.3 Å². The molecule has 0 aromatic rings. The molecule has 28 heavy (non-hydrogen) atoms. The fourth-order valence-electron chi connectivity index (χ4n) is 6.09. The normalized spacial score (nSPS) is 17.9. The Morgan fingerprint density at radius 2 is 1.25 bits per heavy atom. The highest BCUT2D eigenvalue weighted by molar-refractivity contribution is 4.86. The van der Waals surface area contributed by atoms with Crippen molar-refractivity contribution in [2.75, 3.05) is 0 Å². The lowest BCUT2D eigenvalue weighted by Gasteiger charge is -2.43. The quantitative estimate of drug-likeness (QED) is 0.203. The monoisotopic (exact) mass is 394 g/mol. The topological polar surface area (TPSA) is 0 Å². The Labute approximate surface area is 181 Å². The molecule has 0 rings (SSSR count). The number of unbranched alkanes of at least 4 members (excludes halogenated alkanes) is 4. The van der Waals surface area contributed by atoms with Gasteiger partial charge in [-0.1, -0.05) is 133 Å². The van der Waals surface area contributed by atoms with Gasteiger partial charge in [-0.2, -0.15) is 0 Å². The van der Waals surface area contributed by atoms with Crippen LogP contribution in [0.1, 0.15) is 146 Å². The summed E-state index contributed by atoms with van der Waals surface area (Å²) in [7, 11) is 0. The molecule has 0 fully saturated rings. The fourth-order valence-corrected chi connectivity index (χ4v) is 6.09. The van der Waals surface area contributed by atoms with Gasteiger partial charge < -0.3 is 0 Å². The van der Waals surface area contributed by atoms with Crippen molar-refractivity contribution in [1.29, 1.82) is 0 Å². The molecule has 0 N–H and O–H groups in total. The molecule has 0 aliphatic rings. The molecule has 0 heteroatoms. The maximum atomic E-state index is 2.62. The third-order valence-electron chi connectivity index (χ3n) is 7.93. The summed E-state index contributed by atoms with van der Waals surface area (Å²) < 4.78 is 0. The van der Waals surface area contributed by atoms with Crippen molar-refractivity contribution >= 4 is 0 Å². The fraction of sp³-hybridized carbons (Fsp3) is 1.00. The van der Waals surface area contributed by atoms with Gasteiger partial charge in [0.1, 0.15) is 0 Å². The summed E-state index contributed by atoms with van der Waals surface area (Å²) in [6.07, 6.45) is 18.2. The van der Waals surface area contributed by atoms with Gasteiger partial charge in [0.05, 0.1) is 0 Å². The standard InChI is InChI=1S/C28H58/c1-10-14-15-16-17-20-26(24(6)19-12-3)25(7)27(13-4)28(8,9)22-21-23(5)18-11-2/h23-27H,10-22H2,1-9H3. The molecule has 0 saturated heterocycles. The van der Waals surface area contributed by atoms with Crippen LogP contribution < -0.4 is 0 Å². The van der Waals surface area contributed by atoms with Gasteiger partial charge in [0.2, 0.25) is 0 Å². The molecule has 0 amide bonds. The smallest absolute Gasteiger partial charge is 0.0323 e. The first-order valence-corrected chi connectivity index (χ1v) is 13.2. The van der Waals surface area contributed by atoms with E-state index in [0.717, 1.165) is 29.6 Å². The molecule has 0 aliphatic heterocycles. The third kappa shape index (κ3) is 10.7. The van der Waals surface area contributed by atoms with Crippen molar-refractivity contribution in [3.63, 3.8) is 0 Å². The van der Waals surface area contributed by atoms with E-state index in [0.29, 0.717) is 5.41 Å². The molecular formula is C28H58. The lowest BCUT2D eigenvalue weighted by Crippen LogP contribution is -2.35. The average Bonchev–Trinajstić information content (AvgIpc) is 2.63. The minimum atomic E-state index is 0.475. The van der Waals surface area contributed by atoms with Crippen molar-refractivity contribution in [1.82, 2.24) is 0 Å². The van der Waals surface area contributed by atoms with Crippen LogP contribution in [0.4, 0.5) is 0 Å². The first kappa shape index (κ1) is 28.0. The van der Waals surface area contributed by atoms with Crippen LogP contribution in [0.2, 0.25) is 0 Å². The molecule has 0 aromatic carbocycles. The van der Waals surface area contributed by atoms with Gasteiger partial charge >= 0.3 is 0 Å². The van der Waals surface area contributed by atoms with E-state index in [1.165, 1.54) is 83.5 Å². The third-order valence-corrected chi connectivity index (χ3v) is 7.93. The highest BCUT2D eigenvalue weighted by Crippen LogP contribution is 2.45. The minimum absolute atomic E-state index is 0.475. The molecule has 0 heterocycles. The zero-order valence-corrected chi connectivity index (χ0v) is 21.6. The lowest BCUT2D eigenvalue weighted by atomic mass is 9.62. The highest BCUT2D eigenvalue weighted by atomic mass is 14.4. The summed E-state index contributed by atoms with van der Waals surface area (Å²) in [5, 5.41) is 0. The van der Waals surface area contributed by atoms with Crippen molar-refractivity contribution in [3.05, 3.63) is 0 Å². The van der Waals surface area contributed by atoms with E-state index in [4.69, 9.17) is 0 Å². The molecule has 5 unspecified atom stereocenters. The number of rotatable bonds is 18. The SMILES string of the molecule is CCCCCCCC(C(C)CCC)C(C)C(CC)C(C)(C)CCC(C)CCC. The molecule has 5 atom stereocenters. The summed E-state index contributed by atoms with van der Waals surface area (Å²) in [6.45, 7) is 22.3.